The van der Waals surface area contributed by atoms with Gasteiger partial charge in [0.1, 0.15) is 16.9 Å². The average molecular weight is 330 g/mol. The molecule has 1 aromatic heterocycles. The van der Waals surface area contributed by atoms with Crippen molar-refractivity contribution >= 4 is 25.5 Å². The van der Waals surface area contributed by atoms with Gasteiger partial charge >= 0.3 is 0 Å². The van der Waals surface area contributed by atoms with Crippen LogP contribution < -0.4 is 4.72 Å². The fourth-order valence-corrected chi connectivity index (χ4v) is 3.65. The highest BCUT2D eigenvalue weighted by Crippen LogP contribution is 2.22. The number of sulfonamides is 1. The van der Waals surface area contributed by atoms with E-state index in [1.54, 1.807) is 6.92 Å². The van der Waals surface area contributed by atoms with Crippen molar-refractivity contribution in [3.63, 3.8) is 0 Å². The number of hydrogen-bond donors (Lipinski definition) is 1. The Balaban J connectivity index is 2.45. The molecule has 0 fully saturated rings. The number of aromatic nitrogens is 1. The van der Waals surface area contributed by atoms with E-state index in [9.17, 15) is 16.8 Å². The van der Waals surface area contributed by atoms with Crippen molar-refractivity contribution in [2.45, 2.75) is 23.6 Å². The Hall–Kier alpha value is -1.87. The summed E-state index contributed by atoms with van der Waals surface area (Å²) in [5.41, 5.74) is 1.01. The first-order valence-electron chi connectivity index (χ1n) is 5.85. The Labute approximate surface area is 122 Å². The number of anilines is 1. The van der Waals surface area contributed by atoms with E-state index >= 15 is 0 Å². The van der Waals surface area contributed by atoms with Gasteiger partial charge in [-0.05, 0) is 37.6 Å². The van der Waals surface area contributed by atoms with Crippen LogP contribution in [-0.4, -0.2) is 28.2 Å². The standard InChI is InChI=1S/C12H14N2O5S2/c1-8-4-10(6-11(5-8)20(3,15)16)14-21(17,18)12-7-19-13-9(12)2/h4-7,14H,1-3H3. The van der Waals surface area contributed by atoms with Gasteiger partial charge < -0.3 is 4.52 Å². The molecule has 0 spiro atoms. The second kappa shape index (κ2) is 5.15. The summed E-state index contributed by atoms with van der Waals surface area (Å²) in [5, 5.41) is 3.51. The minimum atomic E-state index is -3.88. The third kappa shape index (κ3) is 3.42. The molecule has 0 aliphatic heterocycles. The highest BCUT2D eigenvalue weighted by Gasteiger charge is 2.21. The van der Waals surface area contributed by atoms with Gasteiger partial charge in [0.2, 0.25) is 0 Å². The number of aryl methyl sites for hydroxylation is 2. The number of nitrogens with zero attached hydrogens (tertiary/aromatic N) is 1. The highest BCUT2D eigenvalue weighted by atomic mass is 32.2. The van der Waals surface area contributed by atoms with E-state index in [4.69, 9.17) is 0 Å². The van der Waals surface area contributed by atoms with Gasteiger partial charge in [0.15, 0.2) is 9.84 Å². The fraction of sp³-hybridized carbons (Fsp3) is 0.250. The molecule has 0 aliphatic rings. The quantitative estimate of drug-likeness (QED) is 0.910. The van der Waals surface area contributed by atoms with Crippen LogP contribution in [0.3, 0.4) is 0 Å². The van der Waals surface area contributed by atoms with Crippen LogP contribution in [0, 0.1) is 13.8 Å². The molecule has 0 saturated carbocycles. The minimum Gasteiger partial charge on any atom is -0.363 e. The Morgan fingerprint density at radius 3 is 2.29 bits per heavy atom. The second-order valence-electron chi connectivity index (χ2n) is 4.68. The maximum absolute atomic E-state index is 12.2. The first-order valence-corrected chi connectivity index (χ1v) is 9.22. The lowest BCUT2D eigenvalue weighted by Gasteiger charge is -2.09. The maximum atomic E-state index is 12.2. The predicted octanol–water partition coefficient (Wildman–Crippen LogP) is 1.50. The molecule has 21 heavy (non-hydrogen) atoms. The van der Waals surface area contributed by atoms with E-state index < -0.39 is 19.9 Å². The van der Waals surface area contributed by atoms with Crippen molar-refractivity contribution in [3.8, 4) is 0 Å². The lowest BCUT2D eigenvalue weighted by atomic mass is 10.2. The molecule has 0 saturated heterocycles. The van der Waals surface area contributed by atoms with Gasteiger partial charge in [0.05, 0.1) is 10.6 Å². The number of hydrogen-bond acceptors (Lipinski definition) is 6. The first kappa shape index (κ1) is 15.5. The summed E-state index contributed by atoms with van der Waals surface area (Å²) in [6, 6.07) is 4.27. The van der Waals surface area contributed by atoms with Gasteiger partial charge in [-0.15, -0.1) is 0 Å². The summed E-state index contributed by atoms with van der Waals surface area (Å²) in [6.07, 6.45) is 2.08. The molecule has 1 heterocycles. The summed E-state index contributed by atoms with van der Waals surface area (Å²) in [7, 11) is -7.31. The van der Waals surface area contributed by atoms with Gasteiger partial charge in [0, 0.05) is 6.26 Å². The lowest BCUT2D eigenvalue weighted by Crippen LogP contribution is -2.14. The number of sulfone groups is 1. The van der Waals surface area contributed by atoms with Crippen molar-refractivity contribution in [1.82, 2.24) is 5.16 Å². The van der Waals surface area contributed by atoms with Gasteiger partial charge in [0.25, 0.3) is 10.0 Å². The van der Waals surface area contributed by atoms with Crippen LogP contribution in [0.25, 0.3) is 0 Å². The van der Waals surface area contributed by atoms with Crippen molar-refractivity contribution in [2.75, 3.05) is 11.0 Å². The second-order valence-corrected chi connectivity index (χ2v) is 8.34. The Kier molecular flexibility index (Phi) is 3.81. The topological polar surface area (TPSA) is 106 Å². The van der Waals surface area contributed by atoms with Crippen LogP contribution in [-0.2, 0) is 19.9 Å². The summed E-state index contributed by atoms with van der Waals surface area (Å²) in [6.45, 7) is 3.17. The molecule has 0 radical (unpaired) electrons. The number of rotatable bonds is 4. The van der Waals surface area contributed by atoms with Crippen molar-refractivity contribution in [3.05, 3.63) is 35.7 Å². The van der Waals surface area contributed by atoms with Gasteiger partial charge in [-0.3, -0.25) is 4.72 Å². The van der Waals surface area contributed by atoms with Crippen molar-refractivity contribution in [1.29, 1.82) is 0 Å². The number of nitrogens with one attached hydrogen (secondary N) is 1. The fourth-order valence-electron chi connectivity index (χ4n) is 1.77. The molecule has 0 atom stereocenters. The summed E-state index contributed by atoms with van der Waals surface area (Å²) < 4.78 is 54.5. The van der Waals surface area contributed by atoms with Crippen LogP contribution in [0.4, 0.5) is 5.69 Å². The number of benzene rings is 1. The van der Waals surface area contributed by atoms with E-state index in [0.717, 1.165) is 12.5 Å². The van der Waals surface area contributed by atoms with Gasteiger partial charge in [-0.2, -0.15) is 0 Å². The van der Waals surface area contributed by atoms with E-state index in [1.807, 2.05) is 0 Å². The molecule has 1 aromatic carbocycles. The lowest BCUT2D eigenvalue weighted by molar-refractivity contribution is 0.413. The van der Waals surface area contributed by atoms with Crippen LogP contribution in [0.2, 0.25) is 0 Å². The van der Waals surface area contributed by atoms with E-state index in [1.165, 1.54) is 25.1 Å². The Morgan fingerprint density at radius 1 is 1.10 bits per heavy atom. The molecule has 0 unspecified atom stereocenters. The smallest absolute Gasteiger partial charge is 0.267 e. The van der Waals surface area contributed by atoms with Crippen LogP contribution in [0.5, 0.6) is 0 Å². The zero-order chi connectivity index (χ0) is 15.8. The molecular weight excluding hydrogens is 316 g/mol. The molecule has 2 aromatic rings. The normalized spacial score (nSPS) is 12.3. The zero-order valence-electron chi connectivity index (χ0n) is 11.6. The summed E-state index contributed by atoms with van der Waals surface area (Å²) >= 11 is 0. The van der Waals surface area contributed by atoms with Gasteiger partial charge in [-0.25, -0.2) is 16.8 Å². The molecule has 114 valence electrons. The van der Waals surface area contributed by atoms with E-state index in [2.05, 4.69) is 14.4 Å². The monoisotopic (exact) mass is 330 g/mol. The molecule has 9 heteroatoms. The molecule has 0 bridgehead atoms. The van der Waals surface area contributed by atoms with Gasteiger partial charge in [-0.1, -0.05) is 5.16 Å². The predicted molar refractivity (Wildman–Crippen MR) is 76.3 cm³/mol. The largest absolute Gasteiger partial charge is 0.363 e. The SMILES string of the molecule is Cc1cc(NS(=O)(=O)c2conc2C)cc(S(C)(=O)=O)c1. The van der Waals surface area contributed by atoms with Crippen LogP contribution in [0.15, 0.2) is 38.8 Å². The Morgan fingerprint density at radius 2 is 1.76 bits per heavy atom. The summed E-state index contributed by atoms with van der Waals surface area (Å²) in [4.78, 5) is -0.0489. The summed E-state index contributed by atoms with van der Waals surface area (Å²) in [5.74, 6) is 0. The average Bonchev–Trinajstić information content (AvgIpc) is 2.73. The maximum Gasteiger partial charge on any atom is 0.267 e. The molecular formula is C12H14N2O5S2. The molecule has 7 nitrogen and oxygen atoms in total. The minimum absolute atomic E-state index is 0.0437. The Bertz CT molecular complexity index is 882. The van der Waals surface area contributed by atoms with Crippen molar-refractivity contribution < 1.29 is 21.4 Å². The highest BCUT2D eigenvalue weighted by molar-refractivity contribution is 7.92. The molecule has 1 N–H and O–H groups in total. The van der Waals surface area contributed by atoms with Crippen LogP contribution in [0.1, 0.15) is 11.3 Å². The third-order valence-electron chi connectivity index (χ3n) is 2.73. The zero-order valence-corrected chi connectivity index (χ0v) is 13.2. The molecule has 2 rings (SSSR count). The molecule has 0 amide bonds. The first-order chi connectivity index (χ1) is 9.59. The van der Waals surface area contributed by atoms with E-state index in [-0.39, 0.29) is 21.2 Å². The van der Waals surface area contributed by atoms with Crippen LogP contribution >= 0.6 is 0 Å². The van der Waals surface area contributed by atoms with E-state index in [0.29, 0.717) is 5.56 Å². The van der Waals surface area contributed by atoms with Crippen molar-refractivity contribution in [2.24, 2.45) is 0 Å². The molecule has 0 aliphatic carbocycles. The third-order valence-corrected chi connectivity index (χ3v) is 5.29.